The van der Waals surface area contributed by atoms with Gasteiger partial charge in [-0.3, -0.25) is 9.78 Å². The molecule has 0 saturated heterocycles. The van der Waals surface area contributed by atoms with Crippen molar-refractivity contribution in [3.05, 3.63) is 36.5 Å². The molecule has 1 aliphatic rings. The molecule has 0 atom stereocenters. The van der Waals surface area contributed by atoms with Crippen LogP contribution in [0.2, 0.25) is 0 Å². The minimum atomic E-state index is -0.0160. The monoisotopic (exact) mass is 327 g/mol. The first-order valence-corrected chi connectivity index (χ1v) is 6.66. The van der Waals surface area contributed by atoms with Crippen molar-refractivity contribution in [2.45, 2.75) is 12.8 Å². The van der Waals surface area contributed by atoms with Gasteiger partial charge in [0.05, 0.1) is 23.9 Å². The molecule has 3 rings (SSSR count). The van der Waals surface area contributed by atoms with E-state index in [9.17, 15) is 4.79 Å². The Morgan fingerprint density at radius 1 is 1.24 bits per heavy atom. The number of pyridine rings is 1. The first-order valence-electron chi connectivity index (χ1n) is 6.66. The Hall–Kier alpha value is -1.36. The predicted octanol–water partition coefficient (Wildman–Crippen LogP) is 3.02. The number of halogens is 2. The van der Waals surface area contributed by atoms with Crippen LogP contribution in [0.5, 0.6) is 0 Å². The molecule has 6 heteroatoms. The minimum Gasteiger partial charge on any atom is -0.324 e. The van der Waals surface area contributed by atoms with Crippen molar-refractivity contribution >= 4 is 47.3 Å². The van der Waals surface area contributed by atoms with Gasteiger partial charge in [0.2, 0.25) is 5.91 Å². The second kappa shape index (κ2) is 8.17. The molecule has 4 nitrogen and oxygen atoms in total. The van der Waals surface area contributed by atoms with E-state index in [1.807, 2.05) is 30.3 Å². The molecular formula is C15H19Cl2N3O. The van der Waals surface area contributed by atoms with E-state index >= 15 is 0 Å². The van der Waals surface area contributed by atoms with Gasteiger partial charge in [-0.1, -0.05) is 18.2 Å². The first-order chi connectivity index (χ1) is 9.31. The Morgan fingerprint density at radius 3 is 2.76 bits per heavy atom. The maximum absolute atomic E-state index is 11.7. The third kappa shape index (κ3) is 5.16. The molecule has 1 aliphatic carbocycles. The Morgan fingerprint density at radius 2 is 2.00 bits per heavy atom. The molecule has 2 aromatic rings. The zero-order valence-electron chi connectivity index (χ0n) is 11.5. The summed E-state index contributed by atoms with van der Waals surface area (Å²) >= 11 is 0. The summed E-state index contributed by atoms with van der Waals surface area (Å²) in [7, 11) is 0. The fraction of sp³-hybridized carbons (Fsp3) is 0.333. The van der Waals surface area contributed by atoms with Crippen LogP contribution in [-0.2, 0) is 4.79 Å². The second-order valence-corrected chi connectivity index (χ2v) is 5.04. The number of aromatic nitrogens is 1. The smallest absolute Gasteiger partial charge is 0.238 e. The molecule has 114 valence electrons. The summed E-state index contributed by atoms with van der Waals surface area (Å²) in [6, 6.07) is 9.81. The standard InChI is InChI=1S/C15H17N3O.2ClH/c19-15(10-16-8-11-5-6-11)18-13-7-12-3-1-2-4-14(12)17-9-13;;/h1-4,7,9,11,16H,5-6,8,10H2,(H,18,19);2*1H. The largest absolute Gasteiger partial charge is 0.324 e. The normalized spacial score (nSPS) is 13.1. The maximum Gasteiger partial charge on any atom is 0.238 e. The molecule has 0 aliphatic heterocycles. The van der Waals surface area contributed by atoms with E-state index in [-0.39, 0.29) is 30.7 Å². The number of carbonyl (C=O) groups is 1. The molecule has 0 radical (unpaired) electrons. The van der Waals surface area contributed by atoms with E-state index in [1.165, 1.54) is 12.8 Å². The minimum absolute atomic E-state index is 0. The molecule has 1 fully saturated rings. The zero-order chi connectivity index (χ0) is 13.1. The number of hydrogen-bond acceptors (Lipinski definition) is 3. The van der Waals surface area contributed by atoms with Crippen molar-refractivity contribution in [3.63, 3.8) is 0 Å². The number of hydrogen-bond donors (Lipinski definition) is 2. The lowest BCUT2D eigenvalue weighted by Gasteiger charge is -2.07. The SMILES string of the molecule is Cl.Cl.O=C(CNCC1CC1)Nc1cnc2ccccc2c1. The fourth-order valence-corrected chi connectivity index (χ4v) is 2.06. The van der Waals surface area contributed by atoms with Crippen molar-refractivity contribution in [3.8, 4) is 0 Å². The van der Waals surface area contributed by atoms with Crippen LogP contribution >= 0.6 is 24.8 Å². The number of nitrogens with zero attached hydrogens (tertiary/aromatic N) is 1. The summed E-state index contributed by atoms with van der Waals surface area (Å²) in [5, 5.41) is 7.07. The number of para-hydroxylation sites is 1. The molecule has 1 heterocycles. The van der Waals surface area contributed by atoms with Gasteiger partial charge in [-0.15, -0.1) is 24.8 Å². The van der Waals surface area contributed by atoms with Crippen LogP contribution in [0.1, 0.15) is 12.8 Å². The van der Waals surface area contributed by atoms with Gasteiger partial charge < -0.3 is 10.6 Å². The van der Waals surface area contributed by atoms with Crippen LogP contribution in [0.15, 0.2) is 36.5 Å². The van der Waals surface area contributed by atoms with Gasteiger partial charge in [0, 0.05) is 5.39 Å². The van der Waals surface area contributed by atoms with Crippen molar-refractivity contribution < 1.29 is 4.79 Å². The summed E-state index contributed by atoms with van der Waals surface area (Å²) in [6.45, 7) is 1.31. The van der Waals surface area contributed by atoms with Gasteiger partial charge in [-0.05, 0) is 37.4 Å². The van der Waals surface area contributed by atoms with Gasteiger partial charge in [0.15, 0.2) is 0 Å². The van der Waals surface area contributed by atoms with Crippen LogP contribution in [-0.4, -0.2) is 24.0 Å². The summed E-state index contributed by atoms with van der Waals surface area (Å²) in [5.41, 5.74) is 1.68. The van der Waals surface area contributed by atoms with Crippen molar-refractivity contribution in [1.29, 1.82) is 0 Å². The van der Waals surface area contributed by atoms with Crippen LogP contribution in [0.25, 0.3) is 10.9 Å². The Kier molecular flexibility index (Phi) is 6.89. The number of anilines is 1. The van der Waals surface area contributed by atoms with Gasteiger partial charge in [-0.2, -0.15) is 0 Å². The van der Waals surface area contributed by atoms with Gasteiger partial charge in [0.1, 0.15) is 0 Å². The van der Waals surface area contributed by atoms with Crippen molar-refractivity contribution in [1.82, 2.24) is 10.3 Å². The quantitative estimate of drug-likeness (QED) is 0.887. The first kappa shape index (κ1) is 17.7. The van der Waals surface area contributed by atoms with Crippen LogP contribution in [0.3, 0.4) is 0 Å². The summed E-state index contributed by atoms with van der Waals surface area (Å²) < 4.78 is 0. The Bertz CT molecular complexity index is 602. The molecule has 21 heavy (non-hydrogen) atoms. The highest BCUT2D eigenvalue weighted by Crippen LogP contribution is 2.27. The highest BCUT2D eigenvalue weighted by molar-refractivity contribution is 5.94. The molecule has 1 aromatic heterocycles. The second-order valence-electron chi connectivity index (χ2n) is 5.04. The average Bonchev–Trinajstić information content (AvgIpc) is 3.23. The number of fused-ring (bicyclic) bond motifs is 1. The lowest BCUT2D eigenvalue weighted by Crippen LogP contribution is -2.29. The molecule has 0 unspecified atom stereocenters. The van der Waals surface area contributed by atoms with Crippen molar-refractivity contribution in [2.24, 2.45) is 5.92 Å². The number of carbonyl (C=O) groups excluding carboxylic acids is 1. The van der Waals surface area contributed by atoms with E-state index in [2.05, 4.69) is 15.6 Å². The average molecular weight is 328 g/mol. The third-order valence-electron chi connectivity index (χ3n) is 3.29. The van der Waals surface area contributed by atoms with E-state index in [4.69, 9.17) is 0 Å². The lowest BCUT2D eigenvalue weighted by molar-refractivity contribution is -0.115. The Balaban J connectivity index is 0.00000110. The van der Waals surface area contributed by atoms with Crippen molar-refractivity contribution in [2.75, 3.05) is 18.4 Å². The number of amides is 1. The van der Waals surface area contributed by atoms with Gasteiger partial charge in [0.25, 0.3) is 0 Å². The molecule has 0 spiro atoms. The van der Waals surface area contributed by atoms with E-state index in [0.717, 1.165) is 29.1 Å². The van der Waals surface area contributed by atoms with E-state index < -0.39 is 0 Å². The molecule has 0 bridgehead atoms. The summed E-state index contributed by atoms with van der Waals surface area (Å²) in [6.07, 6.45) is 4.29. The van der Waals surface area contributed by atoms with Gasteiger partial charge >= 0.3 is 0 Å². The number of benzene rings is 1. The summed E-state index contributed by atoms with van der Waals surface area (Å²) in [5.74, 6) is 0.771. The Labute approximate surface area is 136 Å². The predicted molar refractivity (Wildman–Crippen MR) is 90.5 cm³/mol. The fourth-order valence-electron chi connectivity index (χ4n) is 2.06. The molecule has 1 aromatic carbocycles. The van der Waals surface area contributed by atoms with E-state index in [1.54, 1.807) is 6.20 Å². The third-order valence-corrected chi connectivity index (χ3v) is 3.29. The highest BCUT2D eigenvalue weighted by atomic mass is 35.5. The van der Waals surface area contributed by atoms with Crippen LogP contribution in [0.4, 0.5) is 5.69 Å². The number of rotatable bonds is 5. The molecule has 2 N–H and O–H groups in total. The maximum atomic E-state index is 11.7. The molecule has 1 saturated carbocycles. The van der Waals surface area contributed by atoms with Crippen LogP contribution < -0.4 is 10.6 Å². The highest BCUT2D eigenvalue weighted by Gasteiger charge is 2.20. The topological polar surface area (TPSA) is 54.0 Å². The van der Waals surface area contributed by atoms with E-state index in [0.29, 0.717) is 6.54 Å². The van der Waals surface area contributed by atoms with Gasteiger partial charge in [-0.25, -0.2) is 0 Å². The molecular weight excluding hydrogens is 309 g/mol. The molecule has 1 amide bonds. The lowest BCUT2D eigenvalue weighted by atomic mass is 10.2. The number of nitrogens with one attached hydrogen (secondary N) is 2. The summed E-state index contributed by atoms with van der Waals surface area (Å²) in [4.78, 5) is 16.1. The van der Waals surface area contributed by atoms with Crippen LogP contribution in [0, 0.1) is 5.92 Å². The zero-order valence-corrected chi connectivity index (χ0v) is 13.2.